The fraction of sp³-hybridized carbons (Fsp3) is 0.538. The molecule has 0 aliphatic carbocycles. The zero-order valence-corrected chi connectivity index (χ0v) is 9.98. The summed E-state index contributed by atoms with van der Waals surface area (Å²) in [4.78, 5) is 0. The van der Waals surface area contributed by atoms with Gasteiger partial charge in [-0.15, -0.1) is 0 Å². The summed E-state index contributed by atoms with van der Waals surface area (Å²) in [5, 5.41) is 28.2. The summed E-state index contributed by atoms with van der Waals surface area (Å²) in [5.74, 6) is 0. The minimum Gasteiger partial charge on any atom is -0.394 e. The molecule has 5 heteroatoms. The highest BCUT2D eigenvalue weighted by molar-refractivity contribution is 5.13. The molecule has 5 nitrogen and oxygen atoms in total. The van der Waals surface area contributed by atoms with Crippen molar-refractivity contribution in [3.05, 3.63) is 35.9 Å². The van der Waals surface area contributed by atoms with Crippen molar-refractivity contribution in [3.63, 3.8) is 0 Å². The maximum Gasteiger partial charge on any atom is 0.115 e. The van der Waals surface area contributed by atoms with E-state index in [1.807, 2.05) is 30.3 Å². The number of benzene rings is 1. The SMILES string of the molecule is OC[C@@H](O)[C@H]1OC[C@@H](O)[C@H]1OCc1ccccc1. The summed E-state index contributed by atoms with van der Waals surface area (Å²) in [6.07, 6.45) is -3.12. The van der Waals surface area contributed by atoms with Crippen molar-refractivity contribution in [2.24, 2.45) is 0 Å². The van der Waals surface area contributed by atoms with Crippen LogP contribution in [0.4, 0.5) is 0 Å². The van der Waals surface area contributed by atoms with Crippen LogP contribution in [0.1, 0.15) is 5.56 Å². The van der Waals surface area contributed by atoms with Gasteiger partial charge >= 0.3 is 0 Å². The highest BCUT2D eigenvalue weighted by Crippen LogP contribution is 2.22. The molecular weight excluding hydrogens is 236 g/mol. The van der Waals surface area contributed by atoms with Gasteiger partial charge in [-0.3, -0.25) is 0 Å². The summed E-state index contributed by atoms with van der Waals surface area (Å²) in [5.41, 5.74) is 0.980. The normalized spacial score (nSPS) is 29.4. The van der Waals surface area contributed by atoms with Crippen LogP contribution in [0.2, 0.25) is 0 Å². The number of rotatable bonds is 5. The van der Waals surface area contributed by atoms with Crippen molar-refractivity contribution in [3.8, 4) is 0 Å². The molecular formula is C13H18O5. The Morgan fingerprint density at radius 3 is 2.72 bits per heavy atom. The molecule has 18 heavy (non-hydrogen) atoms. The molecule has 0 radical (unpaired) electrons. The van der Waals surface area contributed by atoms with Crippen LogP contribution in [-0.2, 0) is 16.1 Å². The first-order chi connectivity index (χ1) is 8.72. The van der Waals surface area contributed by atoms with Crippen molar-refractivity contribution in [2.45, 2.75) is 31.0 Å². The minimum atomic E-state index is -1.04. The molecule has 1 saturated heterocycles. The van der Waals surface area contributed by atoms with Gasteiger partial charge in [0.2, 0.25) is 0 Å². The van der Waals surface area contributed by atoms with E-state index in [0.29, 0.717) is 6.61 Å². The summed E-state index contributed by atoms with van der Waals surface area (Å²) in [6.45, 7) is 0.0321. The molecule has 1 fully saturated rings. The third-order valence-corrected chi connectivity index (χ3v) is 3.01. The van der Waals surface area contributed by atoms with Crippen molar-refractivity contribution >= 4 is 0 Å². The number of aliphatic hydroxyl groups is 3. The van der Waals surface area contributed by atoms with E-state index in [0.717, 1.165) is 5.56 Å². The Kier molecular flexibility index (Phi) is 4.68. The topological polar surface area (TPSA) is 79.2 Å². The third kappa shape index (κ3) is 3.07. The van der Waals surface area contributed by atoms with Crippen LogP contribution >= 0.6 is 0 Å². The highest BCUT2D eigenvalue weighted by Gasteiger charge is 2.41. The summed E-state index contributed by atoms with van der Waals surface area (Å²) < 4.78 is 10.8. The molecule has 0 amide bonds. The Balaban J connectivity index is 1.94. The predicted molar refractivity (Wildman–Crippen MR) is 63.9 cm³/mol. The predicted octanol–water partition coefficient (Wildman–Crippen LogP) is -0.315. The molecule has 0 spiro atoms. The molecule has 0 aromatic heterocycles. The van der Waals surface area contributed by atoms with Crippen LogP contribution in [0.15, 0.2) is 30.3 Å². The zero-order valence-electron chi connectivity index (χ0n) is 9.98. The van der Waals surface area contributed by atoms with E-state index in [2.05, 4.69) is 0 Å². The van der Waals surface area contributed by atoms with Crippen LogP contribution in [0.3, 0.4) is 0 Å². The Hall–Kier alpha value is -0.980. The van der Waals surface area contributed by atoms with Gasteiger partial charge in [0.15, 0.2) is 0 Å². The second-order valence-corrected chi connectivity index (χ2v) is 4.38. The van der Waals surface area contributed by atoms with Gasteiger partial charge < -0.3 is 24.8 Å². The summed E-state index contributed by atoms with van der Waals surface area (Å²) in [7, 11) is 0. The third-order valence-electron chi connectivity index (χ3n) is 3.01. The Labute approximate surface area is 106 Å². The molecule has 1 heterocycles. The largest absolute Gasteiger partial charge is 0.394 e. The van der Waals surface area contributed by atoms with Crippen molar-refractivity contribution in [1.29, 1.82) is 0 Å². The standard InChI is InChI=1S/C13H18O5/c14-6-10(15)12-13(11(16)8-18-12)17-7-9-4-2-1-3-5-9/h1-5,10-16H,6-8H2/t10-,11-,12-,13-/m1/s1. The van der Waals surface area contributed by atoms with E-state index in [1.54, 1.807) is 0 Å². The van der Waals surface area contributed by atoms with Crippen molar-refractivity contribution < 1.29 is 24.8 Å². The number of hydrogen-bond donors (Lipinski definition) is 3. The molecule has 0 bridgehead atoms. The average Bonchev–Trinajstić information content (AvgIpc) is 2.78. The fourth-order valence-electron chi connectivity index (χ4n) is 2.02. The monoisotopic (exact) mass is 254 g/mol. The maximum absolute atomic E-state index is 9.74. The van der Waals surface area contributed by atoms with E-state index in [9.17, 15) is 10.2 Å². The Bertz CT molecular complexity index is 356. The van der Waals surface area contributed by atoms with E-state index in [4.69, 9.17) is 14.6 Å². The Morgan fingerprint density at radius 1 is 1.33 bits per heavy atom. The number of ether oxygens (including phenoxy) is 2. The second kappa shape index (κ2) is 6.26. The molecule has 4 atom stereocenters. The molecule has 2 rings (SSSR count). The first-order valence-electron chi connectivity index (χ1n) is 5.96. The Morgan fingerprint density at radius 2 is 2.06 bits per heavy atom. The van der Waals surface area contributed by atoms with Crippen LogP contribution in [0.25, 0.3) is 0 Å². The molecule has 1 aliphatic heterocycles. The van der Waals surface area contributed by atoms with Gasteiger partial charge in [0, 0.05) is 0 Å². The quantitative estimate of drug-likeness (QED) is 0.671. The van der Waals surface area contributed by atoms with Gasteiger partial charge in [-0.05, 0) is 5.56 Å². The van der Waals surface area contributed by atoms with Crippen LogP contribution in [-0.4, -0.2) is 52.9 Å². The summed E-state index contributed by atoms with van der Waals surface area (Å²) >= 11 is 0. The smallest absolute Gasteiger partial charge is 0.115 e. The lowest BCUT2D eigenvalue weighted by Crippen LogP contribution is -2.42. The van der Waals surface area contributed by atoms with Gasteiger partial charge in [-0.1, -0.05) is 30.3 Å². The zero-order chi connectivity index (χ0) is 13.0. The average molecular weight is 254 g/mol. The van der Waals surface area contributed by atoms with Crippen LogP contribution in [0.5, 0.6) is 0 Å². The lowest BCUT2D eigenvalue weighted by atomic mass is 10.1. The van der Waals surface area contributed by atoms with Crippen LogP contribution < -0.4 is 0 Å². The molecule has 1 aromatic carbocycles. The first-order valence-corrected chi connectivity index (χ1v) is 5.96. The molecule has 1 aliphatic rings. The van der Waals surface area contributed by atoms with Gasteiger partial charge in [0.05, 0.1) is 19.8 Å². The maximum atomic E-state index is 9.74. The van der Waals surface area contributed by atoms with Gasteiger partial charge in [-0.2, -0.15) is 0 Å². The van der Waals surface area contributed by atoms with Gasteiger partial charge in [0.1, 0.15) is 24.4 Å². The van der Waals surface area contributed by atoms with E-state index in [-0.39, 0.29) is 6.61 Å². The van der Waals surface area contributed by atoms with Crippen molar-refractivity contribution in [1.82, 2.24) is 0 Å². The lowest BCUT2D eigenvalue weighted by molar-refractivity contribution is -0.0981. The molecule has 1 aromatic rings. The number of hydrogen-bond acceptors (Lipinski definition) is 5. The molecule has 3 N–H and O–H groups in total. The first kappa shape index (κ1) is 13.5. The molecule has 0 unspecified atom stereocenters. The van der Waals surface area contributed by atoms with Crippen molar-refractivity contribution in [2.75, 3.05) is 13.2 Å². The fourth-order valence-corrected chi connectivity index (χ4v) is 2.02. The summed E-state index contributed by atoms with van der Waals surface area (Å²) in [6, 6.07) is 9.55. The van der Waals surface area contributed by atoms with E-state index >= 15 is 0 Å². The second-order valence-electron chi connectivity index (χ2n) is 4.38. The highest BCUT2D eigenvalue weighted by atomic mass is 16.6. The van der Waals surface area contributed by atoms with Crippen LogP contribution in [0, 0.1) is 0 Å². The van der Waals surface area contributed by atoms with Gasteiger partial charge in [-0.25, -0.2) is 0 Å². The number of aliphatic hydroxyl groups excluding tert-OH is 3. The van der Waals surface area contributed by atoms with Gasteiger partial charge in [0.25, 0.3) is 0 Å². The minimum absolute atomic E-state index is 0.112. The molecule has 0 saturated carbocycles. The lowest BCUT2D eigenvalue weighted by Gasteiger charge is -2.23. The molecule has 100 valence electrons. The van der Waals surface area contributed by atoms with E-state index < -0.39 is 31.0 Å². The van der Waals surface area contributed by atoms with E-state index in [1.165, 1.54) is 0 Å².